The Balaban J connectivity index is 1.79. The normalized spacial score (nSPS) is 17.7. The minimum absolute atomic E-state index is 0.0399. The van der Waals surface area contributed by atoms with Crippen LogP contribution in [-0.2, 0) is 24.3 Å². The number of amidine groups is 1. The summed E-state index contributed by atoms with van der Waals surface area (Å²) in [5, 5.41) is 2.13. The fourth-order valence-electron chi connectivity index (χ4n) is 3.11. The van der Waals surface area contributed by atoms with Crippen LogP contribution in [0.25, 0.3) is 0 Å². The highest BCUT2D eigenvalue weighted by Gasteiger charge is 2.40. The Morgan fingerprint density at radius 2 is 1.84 bits per heavy atom. The molecule has 2 aromatic carbocycles. The number of ether oxygens (including phenoxy) is 1. The number of amides is 2. The van der Waals surface area contributed by atoms with E-state index in [0.29, 0.717) is 18.7 Å². The summed E-state index contributed by atoms with van der Waals surface area (Å²) in [6, 6.07) is 15.2. The third-order valence-electron chi connectivity index (χ3n) is 4.78. The van der Waals surface area contributed by atoms with Gasteiger partial charge in [-0.1, -0.05) is 48.2 Å². The van der Waals surface area contributed by atoms with E-state index >= 15 is 0 Å². The summed E-state index contributed by atoms with van der Waals surface area (Å²) in [6.45, 7) is 2.53. The summed E-state index contributed by atoms with van der Waals surface area (Å²) in [5.41, 5.74) is 1.58. The molecule has 2 aromatic rings. The predicted molar refractivity (Wildman–Crippen MR) is 125 cm³/mol. The van der Waals surface area contributed by atoms with Crippen LogP contribution >= 0.6 is 11.8 Å². The van der Waals surface area contributed by atoms with Crippen molar-refractivity contribution in [2.24, 2.45) is 4.40 Å². The lowest BCUT2D eigenvalue weighted by molar-refractivity contribution is -0.128. The number of anilines is 1. The Hall–Kier alpha value is -2.69. The Morgan fingerprint density at radius 3 is 2.53 bits per heavy atom. The molecule has 1 heterocycles. The number of aryl methyl sites for hydroxylation is 1. The van der Waals surface area contributed by atoms with Crippen LogP contribution in [0.4, 0.5) is 5.69 Å². The van der Waals surface area contributed by atoms with Crippen molar-refractivity contribution in [2.75, 3.05) is 25.6 Å². The summed E-state index contributed by atoms with van der Waals surface area (Å²) in [7, 11) is -2.45. The molecule has 10 heteroatoms. The van der Waals surface area contributed by atoms with Crippen molar-refractivity contribution >= 4 is 44.5 Å². The van der Waals surface area contributed by atoms with Gasteiger partial charge in [0.15, 0.2) is 5.17 Å². The molecule has 0 aliphatic carbocycles. The van der Waals surface area contributed by atoms with Gasteiger partial charge in [0, 0.05) is 32.4 Å². The van der Waals surface area contributed by atoms with Crippen LogP contribution in [0.5, 0.6) is 0 Å². The zero-order valence-electron chi connectivity index (χ0n) is 17.9. The first-order chi connectivity index (χ1) is 15.3. The van der Waals surface area contributed by atoms with Crippen molar-refractivity contribution in [3.05, 3.63) is 60.2 Å². The largest absolute Gasteiger partial charge is 0.385 e. The third kappa shape index (κ3) is 5.96. The monoisotopic (exact) mass is 475 g/mol. The van der Waals surface area contributed by atoms with Gasteiger partial charge in [-0.15, -0.1) is 4.40 Å². The molecule has 170 valence electrons. The van der Waals surface area contributed by atoms with Crippen molar-refractivity contribution in [1.82, 2.24) is 4.90 Å². The number of carbonyl (C=O) groups excluding carboxylic acids is 2. The van der Waals surface area contributed by atoms with Crippen molar-refractivity contribution in [1.29, 1.82) is 0 Å². The van der Waals surface area contributed by atoms with Crippen LogP contribution in [-0.4, -0.2) is 55.8 Å². The number of thioether (sulfide) groups is 1. The molecule has 8 nitrogen and oxygen atoms in total. The molecule has 1 atom stereocenters. The van der Waals surface area contributed by atoms with E-state index < -0.39 is 15.3 Å². The molecule has 1 N–H and O–H groups in total. The molecule has 2 amide bonds. The molecule has 1 fully saturated rings. The molecular weight excluding hydrogens is 450 g/mol. The van der Waals surface area contributed by atoms with Gasteiger partial charge in [0.2, 0.25) is 11.8 Å². The molecule has 0 saturated carbocycles. The van der Waals surface area contributed by atoms with E-state index in [9.17, 15) is 18.0 Å². The van der Waals surface area contributed by atoms with E-state index in [1.807, 2.05) is 25.1 Å². The van der Waals surface area contributed by atoms with E-state index in [4.69, 9.17) is 4.74 Å². The number of carbonyl (C=O) groups is 2. The maximum absolute atomic E-state index is 13.0. The molecular formula is C22H25N3O5S2. The van der Waals surface area contributed by atoms with E-state index in [2.05, 4.69) is 9.71 Å². The number of nitrogens with one attached hydrogen (secondary N) is 1. The fourth-order valence-corrected chi connectivity index (χ4v) is 5.52. The minimum Gasteiger partial charge on any atom is -0.385 e. The lowest BCUT2D eigenvalue weighted by Crippen LogP contribution is -2.35. The van der Waals surface area contributed by atoms with E-state index in [-0.39, 0.29) is 34.8 Å². The zero-order chi connectivity index (χ0) is 23.1. The van der Waals surface area contributed by atoms with Crippen LogP contribution in [0, 0.1) is 6.92 Å². The van der Waals surface area contributed by atoms with Crippen LogP contribution < -0.4 is 5.32 Å². The first kappa shape index (κ1) is 24.0. The van der Waals surface area contributed by atoms with Gasteiger partial charge in [-0.25, -0.2) is 0 Å². The van der Waals surface area contributed by atoms with Crippen molar-refractivity contribution in [3.63, 3.8) is 0 Å². The molecule has 1 aliphatic rings. The number of methoxy groups -OCH3 is 1. The quantitative estimate of drug-likeness (QED) is 0.559. The average molecular weight is 476 g/mol. The highest BCUT2D eigenvalue weighted by atomic mass is 32.2. The number of hydrogen-bond donors (Lipinski definition) is 1. The summed E-state index contributed by atoms with van der Waals surface area (Å²) >= 11 is 0.995. The van der Waals surface area contributed by atoms with Gasteiger partial charge >= 0.3 is 0 Å². The third-order valence-corrected chi connectivity index (χ3v) is 7.35. The van der Waals surface area contributed by atoms with Gasteiger partial charge in [0.05, 0.1) is 4.90 Å². The first-order valence-electron chi connectivity index (χ1n) is 10.0. The zero-order valence-corrected chi connectivity index (χ0v) is 19.5. The topological polar surface area (TPSA) is 105 Å². The Morgan fingerprint density at radius 1 is 1.16 bits per heavy atom. The number of sulfonamides is 1. The van der Waals surface area contributed by atoms with Gasteiger partial charge in [0.25, 0.3) is 10.0 Å². The molecule has 0 radical (unpaired) electrons. The van der Waals surface area contributed by atoms with Gasteiger partial charge in [0.1, 0.15) is 5.25 Å². The molecule has 1 saturated heterocycles. The predicted octanol–water partition coefficient (Wildman–Crippen LogP) is 3.05. The highest BCUT2D eigenvalue weighted by molar-refractivity contribution is 8.16. The molecule has 1 aliphatic heterocycles. The first-order valence-corrected chi connectivity index (χ1v) is 12.4. The number of rotatable bonds is 9. The number of para-hydroxylation sites is 1. The fraction of sp³-hybridized carbons (Fsp3) is 0.318. The maximum Gasteiger partial charge on any atom is 0.284 e. The van der Waals surface area contributed by atoms with Crippen LogP contribution in [0.1, 0.15) is 18.4 Å². The van der Waals surface area contributed by atoms with Crippen LogP contribution in [0.2, 0.25) is 0 Å². The van der Waals surface area contributed by atoms with Crippen LogP contribution in [0.15, 0.2) is 63.9 Å². The summed E-state index contributed by atoms with van der Waals surface area (Å²) in [4.78, 5) is 26.9. The maximum atomic E-state index is 13.0. The van der Waals surface area contributed by atoms with Crippen molar-refractivity contribution < 1.29 is 22.7 Å². The number of benzene rings is 2. The Kier molecular flexibility index (Phi) is 8.05. The summed E-state index contributed by atoms with van der Waals surface area (Å²) < 4.78 is 34.4. The highest BCUT2D eigenvalue weighted by Crippen LogP contribution is 2.31. The Bertz CT molecular complexity index is 1100. The number of nitrogens with zero attached hydrogens (tertiary/aromatic N) is 2. The second-order valence-electron chi connectivity index (χ2n) is 7.17. The van der Waals surface area contributed by atoms with E-state index in [1.54, 1.807) is 31.4 Å². The SMILES string of the molecule is COCCCN1C(=O)C(CC(=O)Nc2ccccc2C)SC1=NS(=O)(=O)c1ccccc1. The Labute approximate surface area is 192 Å². The van der Waals surface area contributed by atoms with Gasteiger partial charge in [-0.05, 0) is 37.1 Å². The second-order valence-corrected chi connectivity index (χ2v) is 9.95. The van der Waals surface area contributed by atoms with E-state index in [1.165, 1.54) is 17.0 Å². The van der Waals surface area contributed by atoms with Gasteiger partial charge < -0.3 is 10.1 Å². The lowest BCUT2D eigenvalue weighted by Gasteiger charge is -2.16. The molecule has 0 aromatic heterocycles. The standard InChI is InChI=1S/C22H25N3O5S2/c1-16-9-6-7-12-18(16)23-20(26)15-19-21(27)25(13-8-14-30-2)22(31-19)24-32(28,29)17-10-4-3-5-11-17/h3-7,9-12,19H,8,13-15H2,1-2H3,(H,23,26). The van der Waals surface area contributed by atoms with E-state index in [0.717, 1.165) is 17.3 Å². The van der Waals surface area contributed by atoms with Crippen molar-refractivity contribution in [3.8, 4) is 0 Å². The molecule has 32 heavy (non-hydrogen) atoms. The molecule has 3 rings (SSSR count). The average Bonchev–Trinajstić information content (AvgIpc) is 3.04. The van der Waals surface area contributed by atoms with Crippen LogP contribution in [0.3, 0.4) is 0 Å². The lowest BCUT2D eigenvalue weighted by atomic mass is 10.2. The van der Waals surface area contributed by atoms with Gasteiger partial charge in [-0.3, -0.25) is 14.5 Å². The molecule has 0 spiro atoms. The minimum atomic E-state index is -4.00. The summed E-state index contributed by atoms with van der Waals surface area (Å²) in [6.07, 6.45) is 0.415. The number of hydrogen-bond acceptors (Lipinski definition) is 6. The molecule has 0 bridgehead atoms. The second kappa shape index (κ2) is 10.8. The summed E-state index contributed by atoms with van der Waals surface area (Å²) in [5.74, 6) is -0.665. The molecule has 1 unspecified atom stereocenters. The van der Waals surface area contributed by atoms with Gasteiger partial charge in [-0.2, -0.15) is 8.42 Å². The smallest absolute Gasteiger partial charge is 0.284 e. The van der Waals surface area contributed by atoms with Crippen molar-refractivity contribution in [2.45, 2.75) is 29.9 Å².